The van der Waals surface area contributed by atoms with Crippen LogP contribution >= 0.6 is 27.5 Å². The largest absolute Gasteiger partial charge is 0.507 e. The first-order chi connectivity index (χ1) is 11.9. The molecule has 0 saturated heterocycles. The zero-order valence-corrected chi connectivity index (χ0v) is 15.3. The van der Waals surface area contributed by atoms with Gasteiger partial charge in [0.2, 0.25) is 11.8 Å². The van der Waals surface area contributed by atoms with E-state index in [0.717, 1.165) is 4.47 Å². The van der Waals surface area contributed by atoms with Gasteiger partial charge >= 0.3 is 0 Å². The Morgan fingerprint density at radius 1 is 1.12 bits per heavy atom. The van der Waals surface area contributed by atoms with Crippen molar-refractivity contribution in [3.63, 3.8) is 0 Å². The molecule has 2 aromatic carbocycles. The second kappa shape index (κ2) is 9.19. The van der Waals surface area contributed by atoms with Crippen molar-refractivity contribution < 1.29 is 14.7 Å². The van der Waals surface area contributed by atoms with Crippen LogP contribution in [0.2, 0.25) is 5.02 Å². The average molecular weight is 425 g/mol. The van der Waals surface area contributed by atoms with Gasteiger partial charge in [-0.3, -0.25) is 9.59 Å². The number of carbonyl (C=O) groups excluding carboxylic acids is 2. The van der Waals surface area contributed by atoms with Crippen molar-refractivity contribution in [2.75, 3.05) is 5.32 Å². The highest BCUT2D eigenvalue weighted by molar-refractivity contribution is 9.10. The third-order valence-electron chi connectivity index (χ3n) is 3.09. The first-order valence-electron chi connectivity index (χ1n) is 7.30. The van der Waals surface area contributed by atoms with Crippen molar-refractivity contribution in [1.29, 1.82) is 0 Å². The minimum absolute atomic E-state index is 0.00345. The van der Waals surface area contributed by atoms with Crippen molar-refractivity contribution in [3.8, 4) is 5.75 Å². The van der Waals surface area contributed by atoms with Crippen LogP contribution in [0.5, 0.6) is 5.75 Å². The number of amides is 2. The van der Waals surface area contributed by atoms with Gasteiger partial charge in [0, 0.05) is 33.6 Å². The fourth-order valence-corrected chi connectivity index (χ4v) is 2.29. The molecule has 0 aliphatic carbocycles. The summed E-state index contributed by atoms with van der Waals surface area (Å²) in [5.74, 6) is -0.686. The average Bonchev–Trinajstić information content (AvgIpc) is 2.58. The standard InChI is InChI=1S/C17H15BrClN3O3/c18-12-1-4-14(5-2-12)21-16(24)7-8-17(25)22-20-10-11-9-13(19)3-6-15(11)23/h1-6,9-10,23H,7-8H2,(H,21,24)(H,22,25)/b20-10-. The maximum Gasteiger partial charge on any atom is 0.240 e. The van der Waals surface area contributed by atoms with Crippen molar-refractivity contribution in [2.45, 2.75) is 12.8 Å². The molecule has 0 bridgehead atoms. The predicted octanol–water partition coefficient (Wildman–Crippen LogP) is 3.68. The topological polar surface area (TPSA) is 90.8 Å². The van der Waals surface area contributed by atoms with Gasteiger partial charge in [0.15, 0.2) is 0 Å². The van der Waals surface area contributed by atoms with Crippen molar-refractivity contribution in [1.82, 2.24) is 5.43 Å². The van der Waals surface area contributed by atoms with Gasteiger partial charge in [0.05, 0.1) is 6.21 Å². The van der Waals surface area contributed by atoms with Crippen LogP contribution in [-0.4, -0.2) is 23.1 Å². The number of carbonyl (C=O) groups is 2. The monoisotopic (exact) mass is 423 g/mol. The van der Waals surface area contributed by atoms with Crippen LogP contribution in [0.3, 0.4) is 0 Å². The number of halogens is 2. The number of aromatic hydroxyl groups is 1. The lowest BCUT2D eigenvalue weighted by Crippen LogP contribution is -2.20. The lowest BCUT2D eigenvalue weighted by molar-refractivity contribution is -0.124. The third-order valence-corrected chi connectivity index (χ3v) is 3.85. The minimum Gasteiger partial charge on any atom is -0.507 e. The quantitative estimate of drug-likeness (QED) is 0.488. The number of hydrogen-bond acceptors (Lipinski definition) is 4. The molecule has 0 aromatic heterocycles. The highest BCUT2D eigenvalue weighted by atomic mass is 79.9. The van der Waals surface area contributed by atoms with Crippen molar-refractivity contribution in [3.05, 3.63) is 57.5 Å². The fraction of sp³-hybridized carbons (Fsp3) is 0.118. The maximum atomic E-state index is 11.8. The van der Waals surface area contributed by atoms with Gasteiger partial charge in [-0.15, -0.1) is 0 Å². The summed E-state index contributed by atoms with van der Waals surface area (Å²) in [5.41, 5.74) is 3.33. The number of nitrogens with one attached hydrogen (secondary N) is 2. The number of rotatable bonds is 6. The molecule has 2 rings (SSSR count). The number of anilines is 1. The van der Waals surface area contributed by atoms with Crippen LogP contribution in [0.4, 0.5) is 5.69 Å². The van der Waals surface area contributed by atoms with Gasteiger partial charge in [-0.1, -0.05) is 27.5 Å². The number of phenols is 1. The Kier molecular flexibility index (Phi) is 6.97. The van der Waals surface area contributed by atoms with Crippen molar-refractivity contribution in [2.24, 2.45) is 5.10 Å². The minimum atomic E-state index is -0.413. The molecule has 0 aliphatic heterocycles. The van der Waals surface area contributed by atoms with E-state index in [1.165, 1.54) is 24.4 Å². The van der Waals surface area contributed by atoms with Gasteiger partial charge in [0.25, 0.3) is 0 Å². The second-order valence-electron chi connectivity index (χ2n) is 5.05. The highest BCUT2D eigenvalue weighted by Gasteiger charge is 2.07. The van der Waals surface area contributed by atoms with Gasteiger partial charge in [-0.2, -0.15) is 5.10 Å². The molecule has 2 amide bonds. The summed E-state index contributed by atoms with van der Waals surface area (Å²) < 4.78 is 0.911. The third kappa shape index (κ3) is 6.56. The molecule has 0 unspecified atom stereocenters. The zero-order chi connectivity index (χ0) is 18.2. The van der Waals surface area contributed by atoms with E-state index in [9.17, 15) is 14.7 Å². The first-order valence-corrected chi connectivity index (χ1v) is 8.47. The number of hydrogen-bond donors (Lipinski definition) is 3. The molecule has 0 aliphatic rings. The van der Waals surface area contributed by atoms with Crippen LogP contribution in [0.1, 0.15) is 18.4 Å². The Morgan fingerprint density at radius 3 is 2.52 bits per heavy atom. The maximum absolute atomic E-state index is 11.8. The summed E-state index contributed by atoms with van der Waals surface area (Å²) in [6.07, 6.45) is 1.29. The van der Waals surface area contributed by atoms with Gasteiger partial charge in [-0.25, -0.2) is 5.43 Å². The molecular formula is C17H15BrClN3O3. The van der Waals surface area contributed by atoms with Crippen LogP contribution in [0, 0.1) is 0 Å². The van der Waals surface area contributed by atoms with Gasteiger partial charge in [-0.05, 0) is 42.5 Å². The molecule has 0 saturated carbocycles. The predicted molar refractivity (Wildman–Crippen MR) is 101 cm³/mol. The normalized spacial score (nSPS) is 10.6. The second-order valence-corrected chi connectivity index (χ2v) is 6.40. The van der Waals surface area contributed by atoms with E-state index in [0.29, 0.717) is 16.3 Å². The molecular weight excluding hydrogens is 410 g/mol. The molecule has 6 nitrogen and oxygen atoms in total. The fourth-order valence-electron chi connectivity index (χ4n) is 1.84. The van der Waals surface area contributed by atoms with E-state index in [4.69, 9.17) is 11.6 Å². The Morgan fingerprint density at radius 2 is 1.80 bits per heavy atom. The van der Waals surface area contributed by atoms with E-state index in [-0.39, 0.29) is 24.5 Å². The molecule has 3 N–H and O–H groups in total. The molecule has 0 fully saturated rings. The molecule has 0 radical (unpaired) electrons. The molecule has 2 aromatic rings. The van der Waals surface area contributed by atoms with E-state index < -0.39 is 5.91 Å². The highest BCUT2D eigenvalue weighted by Crippen LogP contribution is 2.19. The molecule has 0 spiro atoms. The molecule has 0 heterocycles. The Labute approximate surface area is 158 Å². The van der Waals surface area contributed by atoms with Crippen LogP contribution in [-0.2, 0) is 9.59 Å². The van der Waals surface area contributed by atoms with E-state index in [2.05, 4.69) is 31.8 Å². The van der Waals surface area contributed by atoms with E-state index in [1.54, 1.807) is 12.1 Å². The summed E-state index contributed by atoms with van der Waals surface area (Å²) in [5, 5.41) is 16.5. The summed E-state index contributed by atoms with van der Waals surface area (Å²) in [6, 6.07) is 11.6. The smallest absolute Gasteiger partial charge is 0.240 e. The van der Waals surface area contributed by atoms with Crippen LogP contribution in [0.15, 0.2) is 52.0 Å². The Balaban J connectivity index is 1.76. The molecule has 8 heteroatoms. The Hall–Kier alpha value is -2.38. The Bertz CT molecular complexity index is 794. The molecule has 130 valence electrons. The SMILES string of the molecule is O=C(CCC(=O)Nc1ccc(Br)cc1)N/N=C\c1cc(Cl)ccc1O. The molecule has 25 heavy (non-hydrogen) atoms. The number of phenolic OH excluding ortho intramolecular Hbond substituents is 1. The summed E-state index contributed by atoms with van der Waals surface area (Å²) in [6.45, 7) is 0. The summed E-state index contributed by atoms with van der Waals surface area (Å²) in [4.78, 5) is 23.5. The van der Waals surface area contributed by atoms with E-state index in [1.807, 2.05) is 12.1 Å². The number of hydrazone groups is 1. The first kappa shape index (κ1) is 19.0. The van der Waals surface area contributed by atoms with Gasteiger partial charge in [0.1, 0.15) is 5.75 Å². The van der Waals surface area contributed by atoms with Crippen molar-refractivity contribution >= 4 is 51.2 Å². The molecule has 0 atom stereocenters. The van der Waals surface area contributed by atoms with Crippen LogP contribution < -0.4 is 10.7 Å². The summed E-state index contributed by atoms with van der Waals surface area (Å²) >= 11 is 9.12. The number of nitrogens with zero attached hydrogens (tertiary/aromatic N) is 1. The van der Waals surface area contributed by atoms with E-state index >= 15 is 0 Å². The lowest BCUT2D eigenvalue weighted by Gasteiger charge is -2.05. The van der Waals surface area contributed by atoms with Gasteiger partial charge < -0.3 is 10.4 Å². The zero-order valence-electron chi connectivity index (χ0n) is 13.0. The number of benzene rings is 2. The lowest BCUT2D eigenvalue weighted by atomic mass is 10.2. The van der Waals surface area contributed by atoms with Crippen LogP contribution in [0.25, 0.3) is 0 Å². The summed E-state index contributed by atoms with van der Waals surface area (Å²) in [7, 11) is 0.